The van der Waals surface area contributed by atoms with Crippen LogP contribution < -0.4 is 5.32 Å². The van der Waals surface area contributed by atoms with Crippen LogP contribution >= 0.6 is 0 Å². The molecule has 1 heterocycles. The third kappa shape index (κ3) is 4.92. The summed E-state index contributed by atoms with van der Waals surface area (Å²) < 4.78 is 28.3. The molecular weight excluding hydrogens is 420 g/mol. The maximum atomic E-state index is 13.3. The summed E-state index contributed by atoms with van der Waals surface area (Å²) in [5, 5.41) is 3.57. The molecule has 0 saturated heterocycles. The molecule has 1 aromatic heterocycles. The lowest BCUT2D eigenvalue weighted by Gasteiger charge is -2.07. The van der Waals surface area contributed by atoms with E-state index in [0.717, 1.165) is 28.6 Å². The molecule has 4 aromatic rings. The SMILES string of the molecule is Cc1ccccc1CS(=O)(=O)c1cn(CC(=O)NCCc2ccccc2)c2ccccc12. The van der Waals surface area contributed by atoms with Crippen molar-refractivity contribution in [2.24, 2.45) is 0 Å². The average molecular weight is 447 g/mol. The van der Waals surface area contributed by atoms with Gasteiger partial charge in [-0.15, -0.1) is 0 Å². The summed E-state index contributed by atoms with van der Waals surface area (Å²) in [4.78, 5) is 12.8. The Morgan fingerprint density at radius 1 is 0.906 bits per heavy atom. The van der Waals surface area contributed by atoms with Gasteiger partial charge in [0.05, 0.1) is 10.6 Å². The molecule has 0 fully saturated rings. The zero-order valence-corrected chi connectivity index (χ0v) is 18.8. The quantitative estimate of drug-likeness (QED) is 0.439. The van der Waals surface area contributed by atoms with E-state index in [4.69, 9.17) is 0 Å². The van der Waals surface area contributed by atoms with E-state index >= 15 is 0 Å². The Morgan fingerprint density at radius 2 is 1.59 bits per heavy atom. The van der Waals surface area contributed by atoms with E-state index in [1.165, 1.54) is 0 Å². The standard InChI is InChI=1S/C26H26N2O3S/c1-20-9-5-6-12-22(20)19-32(30,31)25-17-28(24-14-8-7-13-23(24)25)18-26(29)27-16-15-21-10-3-2-4-11-21/h2-14,17H,15-16,18-19H2,1H3,(H,27,29). The third-order valence-corrected chi connectivity index (χ3v) is 7.27. The highest BCUT2D eigenvalue weighted by Gasteiger charge is 2.23. The van der Waals surface area contributed by atoms with Crippen molar-refractivity contribution in [2.45, 2.75) is 30.5 Å². The summed E-state index contributed by atoms with van der Waals surface area (Å²) in [5.41, 5.74) is 3.61. The van der Waals surface area contributed by atoms with Crippen LogP contribution in [0.25, 0.3) is 10.9 Å². The minimum Gasteiger partial charge on any atom is -0.354 e. The molecule has 0 spiro atoms. The lowest BCUT2D eigenvalue weighted by atomic mass is 10.1. The van der Waals surface area contributed by atoms with E-state index in [1.54, 1.807) is 16.8 Å². The highest BCUT2D eigenvalue weighted by atomic mass is 32.2. The first-order valence-electron chi connectivity index (χ1n) is 10.6. The largest absolute Gasteiger partial charge is 0.354 e. The number of carbonyl (C=O) groups excluding carboxylic acids is 1. The number of sulfone groups is 1. The predicted octanol–water partition coefficient (Wildman–Crippen LogP) is 4.28. The van der Waals surface area contributed by atoms with Crippen LogP contribution in [0.4, 0.5) is 0 Å². The summed E-state index contributed by atoms with van der Waals surface area (Å²) in [6.07, 6.45) is 2.34. The second-order valence-electron chi connectivity index (χ2n) is 7.91. The summed E-state index contributed by atoms with van der Waals surface area (Å²) in [7, 11) is -3.58. The first kappa shape index (κ1) is 21.8. The predicted molar refractivity (Wildman–Crippen MR) is 127 cm³/mol. The van der Waals surface area contributed by atoms with Crippen LogP contribution in [0, 0.1) is 6.92 Å². The molecule has 32 heavy (non-hydrogen) atoms. The van der Waals surface area contributed by atoms with E-state index in [-0.39, 0.29) is 23.1 Å². The molecule has 0 bridgehead atoms. The van der Waals surface area contributed by atoms with Gasteiger partial charge in [-0.2, -0.15) is 0 Å². The maximum Gasteiger partial charge on any atom is 0.239 e. The van der Waals surface area contributed by atoms with Gasteiger partial charge in [0.1, 0.15) is 6.54 Å². The van der Waals surface area contributed by atoms with Gasteiger partial charge in [-0.3, -0.25) is 4.79 Å². The second-order valence-corrected chi connectivity index (χ2v) is 9.87. The number of nitrogens with zero attached hydrogens (tertiary/aromatic N) is 1. The van der Waals surface area contributed by atoms with E-state index < -0.39 is 9.84 Å². The van der Waals surface area contributed by atoms with Gasteiger partial charge >= 0.3 is 0 Å². The van der Waals surface area contributed by atoms with Gasteiger partial charge in [-0.05, 0) is 36.1 Å². The fourth-order valence-electron chi connectivity index (χ4n) is 3.85. The van der Waals surface area contributed by atoms with Crippen LogP contribution in [0.2, 0.25) is 0 Å². The van der Waals surface area contributed by atoms with Crippen LogP contribution in [-0.4, -0.2) is 25.4 Å². The van der Waals surface area contributed by atoms with Crippen LogP contribution in [0.15, 0.2) is 90.0 Å². The molecule has 0 aliphatic carbocycles. The molecule has 0 aliphatic heterocycles. The van der Waals surface area contributed by atoms with E-state index in [0.29, 0.717) is 11.9 Å². The van der Waals surface area contributed by atoms with Crippen molar-refractivity contribution in [2.75, 3.05) is 6.54 Å². The molecule has 0 unspecified atom stereocenters. The van der Waals surface area contributed by atoms with E-state index in [9.17, 15) is 13.2 Å². The topological polar surface area (TPSA) is 68.2 Å². The van der Waals surface area contributed by atoms with Crippen molar-refractivity contribution in [1.29, 1.82) is 0 Å². The molecular formula is C26H26N2O3S. The summed E-state index contributed by atoms with van der Waals surface area (Å²) in [6, 6.07) is 24.8. The number of para-hydroxylation sites is 1. The number of aromatic nitrogens is 1. The maximum absolute atomic E-state index is 13.3. The number of aryl methyl sites for hydroxylation is 1. The molecule has 4 rings (SSSR count). The first-order chi connectivity index (χ1) is 15.4. The molecule has 0 atom stereocenters. The van der Waals surface area contributed by atoms with Gasteiger partial charge in [-0.25, -0.2) is 8.42 Å². The highest BCUT2D eigenvalue weighted by molar-refractivity contribution is 7.90. The van der Waals surface area contributed by atoms with Crippen molar-refractivity contribution in [1.82, 2.24) is 9.88 Å². The van der Waals surface area contributed by atoms with Crippen molar-refractivity contribution < 1.29 is 13.2 Å². The Hall–Kier alpha value is -3.38. The summed E-state index contributed by atoms with van der Waals surface area (Å²) in [6.45, 7) is 2.50. The normalized spacial score (nSPS) is 11.5. The molecule has 1 N–H and O–H groups in total. The fourth-order valence-corrected chi connectivity index (χ4v) is 5.53. The molecule has 0 aliphatic rings. The number of carbonyl (C=O) groups is 1. The van der Waals surface area contributed by atoms with Crippen LogP contribution in [0.1, 0.15) is 16.7 Å². The molecule has 1 amide bonds. The number of hydrogen-bond acceptors (Lipinski definition) is 3. The Balaban J connectivity index is 1.53. The number of rotatable bonds is 8. The van der Waals surface area contributed by atoms with Crippen LogP contribution in [0.5, 0.6) is 0 Å². The van der Waals surface area contributed by atoms with Gasteiger partial charge in [0.2, 0.25) is 5.91 Å². The van der Waals surface area contributed by atoms with E-state index in [1.807, 2.05) is 79.7 Å². The number of hydrogen-bond donors (Lipinski definition) is 1. The van der Waals surface area contributed by atoms with Crippen LogP contribution in [-0.2, 0) is 33.4 Å². The molecule has 0 radical (unpaired) electrons. The molecule has 5 nitrogen and oxygen atoms in total. The Bertz CT molecular complexity index is 1340. The Kier molecular flexibility index (Phi) is 6.42. The number of fused-ring (bicyclic) bond motifs is 1. The Morgan fingerprint density at radius 3 is 2.38 bits per heavy atom. The van der Waals surface area contributed by atoms with Gasteiger partial charge in [-0.1, -0.05) is 72.8 Å². The monoisotopic (exact) mass is 446 g/mol. The van der Waals surface area contributed by atoms with Gasteiger partial charge in [0.15, 0.2) is 9.84 Å². The van der Waals surface area contributed by atoms with Crippen LogP contribution in [0.3, 0.4) is 0 Å². The average Bonchev–Trinajstić information content (AvgIpc) is 3.15. The van der Waals surface area contributed by atoms with Gasteiger partial charge in [0.25, 0.3) is 0 Å². The first-order valence-corrected chi connectivity index (χ1v) is 12.2. The van der Waals surface area contributed by atoms with Gasteiger partial charge < -0.3 is 9.88 Å². The number of nitrogens with one attached hydrogen (secondary N) is 1. The minimum absolute atomic E-state index is 0.0647. The molecule has 3 aromatic carbocycles. The van der Waals surface area contributed by atoms with Gasteiger partial charge in [0, 0.05) is 23.6 Å². The van der Waals surface area contributed by atoms with Crippen molar-refractivity contribution in [3.8, 4) is 0 Å². The van der Waals surface area contributed by atoms with E-state index in [2.05, 4.69) is 5.32 Å². The fraction of sp³-hybridized carbons (Fsp3) is 0.192. The third-order valence-electron chi connectivity index (χ3n) is 5.59. The zero-order chi connectivity index (χ0) is 22.6. The minimum atomic E-state index is -3.58. The number of amides is 1. The summed E-state index contributed by atoms with van der Waals surface area (Å²) >= 11 is 0. The molecule has 6 heteroatoms. The lowest BCUT2D eigenvalue weighted by molar-refractivity contribution is -0.121. The summed E-state index contributed by atoms with van der Waals surface area (Å²) in [5.74, 6) is -0.221. The Labute approximate surface area is 188 Å². The highest BCUT2D eigenvalue weighted by Crippen LogP contribution is 2.28. The van der Waals surface area contributed by atoms with Crippen molar-refractivity contribution in [3.05, 3.63) is 102 Å². The molecule has 0 saturated carbocycles. The van der Waals surface area contributed by atoms with Crippen molar-refractivity contribution in [3.63, 3.8) is 0 Å². The zero-order valence-electron chi connectivity index (χ0n) is 18.0. The van der Waals surface area contributed by atoms with Crippen molar-refractivity contribution >= 4 is 26.6 Å². The lowest BCUT2D eigenvalue weighted by Crippen LogP contribution is -2.29. The second kappa shape index (κ2) is 9.40. The smallest absolute Gasteiger partial charge is 0.239 e. The molecule has 164 valence electrons. The number of benzene rings is 3.